The molecule has 7 nitrogen and oxygen atoms in total. The van der Waals surface area contributed by atoms with Crippen LogP contribution < -0.4 is 19.8 Å². The van der Waals surface area contributed by atoms with Crippen molar-refractivity contribution in [2.45, 2.75) is 19.9 Å². The van der Waals surface area contributed by atoms with E-state index in [1.807, 2.05) is 6.92 Å². The van der Waals surface area contributed by atoms with Gasteiger partial charge in [0.25, 0.3) is 5.91 Å². The van der Waals surface area contributed by atoms with E-state index >= 15 is 0 Å². The summed E-state index contributed by atoms with van der Waals surface area (Å²) in [6.45, 7) is 2.59. The van der Waals surface area contributed by atoms with Gasteiger partial charge >= 0.3 is 0 Å². The monoisotopic (exact) mass is 393 g/mol. The van der Waals surface area contributed by atoms with Crippen LogP contribution in [0.25, 0.3) is 0 Å². The summed E-state index contributed by atoms with van der Waals surface area (Å²) >= 11 is 3.29. The predicted octanol–water partition coefficient (Wildman–Crippen LogP) is 2.25. The van der Waals surface area contributed by atoms with Crippen LogP contribution in [-0.2, 0) is 11.3 Å². The number of pyridine rings is 2. The number of amides is 1. The van der Waals surface area contributed by atoms with E-state index in [2.05, 4.69) is 25.9 Å². The highest BCUT2D eigenvalue weighted by Crippen LogP contribution is 2.32. The molecule has 1 aliphatic heterocycles. The smallest absolute Gasteiger partial charge is 0.266 e. The van der Waals surface area contributed by atoms with Crippen molar-refractivity contribution in [1.82, 2.24) is 9.97 Å². The molecule has 3 rings (SSSR count). The van der Waals surface area contributed by atoms with Gasteiger partial charge < -0.3 is 14.5 Å². The molecule has 1 N–H and O–H groups in total. The number of hydrogen-bond donors (Lipinski definition) is 1. The number of anilines is 1. The molecule has 0 saturated carbocycles. The van der Waals surface area contributed by atoms with Crippen LogP contribution >= 0.6 is 15.9 Å². The third-order valence-corrected chi connectivity index (χ3v) is 3.88. The summed E-state index contributed by atoms with van der Waals surface area (Å²) in [4.78, 5) is 33.1. The first-order valence-corrected chi connectivity index (χ1v) is 8.32. The summed E-state index contributed by atoms with van der Waals surface area (Å²) in [6.07, 6.45) is 2.34. The number of carbonyl (C=O) groups excluding carboxylic acids is 1. The van der Waals surface area contributed by atoms with Gasteiger partial charge in [0.1, 0.15) is 4.60 Å². The van der Waals surface area contributed by atoms with E-state index < -0.39 is 0 Å². The number of ether oxygens (including phenoxy) is 2. The molecule has 0 aliphatic carbocycles. The Labute approximate surface area is 146 Å². The van der Waals surface area contributed by atoms with Crippen molar-refractivity contribution in [2.24, 2.45) is 0 Å². The van der Waals surface area contributed by atoms with Crippen LogP contribution in [0.5, 0.6) is 11.5 Å². The van der Waals surface area contributed by atoms with Gasteiger partial charge in [0.05, 0.1) is 13.2 Å². The molecule has 8 heteroatoms. The van der Waals surface area contributed by atoms with Crippen molar-refractivity contribution in [3.05, 3.63) is 44.9 Å². The molecular formula is C16H16BrN3O4. The molecule has 0 fully saturated rings. The maximum Gasteiger partial charge on any atom is 0.266 e. The second-order valence-electron chi connectivity index (χ2n) is 5.26. The standard InChI is InChI=1S/C16H16BrN3O4/c1-2-5-23-13-7-18-10(6-11(13)21)8-20-15(22)9-24-12-3-4-14(17)19-16(12)20/h3-4,6-7H,2,5,8-9H2,1H3,(H,18,21). The molecule has 0 unspecified atom stereocenters. The van der Waals surface area contributed by atoms with Crippen LogP contribution in [0, 0.1) is 0 Å². The molecule has 0 saturated heterocycles. The minimum Gasteiger partial charge on any atom is -0.488 e. The van der Waals surface area contributed by atoms with E-state index in [9.17, 15) is 9.59 Å². The first-order valence-electron chi connectivity index (χ1n) is 7.52. The molecule has 0 bridgehead atoms. The lowest BCUT2D eigenvalue weighted by atomic mass is 10.2. The summed E-state index contributed by atoms with van der Waals surface area (Å²) < 4.78 is 11.3. The third kappa shape index (κ3) is 3.43. The molecular weight excluding hydrogens is 378 g/mol. The van der Waals surface area contributed by atoms with Gasteiger partial charge in [-0.25, -0.2) is 4.98 Å². The number of nitrogens with one attached hydrogen (secondary N) is 1. The molecule has 1 aliphatic rings. The average molecular weight is 394 g/mol. The predicted molar refractivity (Wildman–Crippen MR) is 91.5 cm³/mol. The lowest BCUT2D eigenvalue weighted by molar-refractivity contribution is -0.121. The molecule has 24 heavy (non-hydrogen) atoms. The average Bonchev–Trinajstić information content (AvgIpc) is 2.57. The van der Waals surface area contributed by atoms with Gasteiger partial charge in [-0.05, 0) is 34.5 Å². The van der Waals surface area contributed by atoms with Gasteiger partial charge in [-0.1, -0.05) is 6.92 Å². The van der Waals surface area contributed by atoms with E-state index in [1.54, 1.807) is 12.1 Å². The molecule has 0 spiro atoms. The summed E-state index contributed by atoms with van der Waals surface area (Å²) in [5.74, 6) is 1.01. The van der Waals surface area contributed by atoms with E-state index in [-0.39, 0.29) is 30.2 Å². The number of aromatic amines is 1. The van der Waals surface area contributed by atoms with Gasteiger partial charge in [0, 0.05) is 18.0 Å². The molecule has 2 aromatic rings. The Hall–Kier alpha value is -2.35. The Kier molecular flexibility index (Phi) is 4.84. The summed E-state index contributed by atoms with van der Waals surface area (Å²) in [5, 5.41) is 0. The number of fused-ring (bicyclic) bond motifs is 1. The highest BCUT2D eigenvalue weighted by Gasteiger charge is 2.27. The second-order valence-corrected chi connectivity index (χ2v) is 6.07. The third-order valence-electron chi connectivity index (χ3n) is 3.44. The molecule has 2 aromatic heterocycles. The van der Waals surface area contributed by atoms with Crippen molar-refractivity contribution < 1.29 is 14.3 Å². The number of hydrogen-bond acceptors (Lipinski definition) is 5. The first-order chi connectivity index (χ1) is 11.6. The highest BCUT2D eigenvalue weighted by atomic mass is 79.9. The van der Waals surface area contributed by atoms with Gasteiger partial charge in [0.2, 0.25) is 5.43 Å². The van der Waals surface area contributed by atoms with Crippen molar-refractivity contribution in [2.75, 3.05) is 18.1 Å². The van der Waals surface area contributed by atoms with E-state index in [4.69, 9.17) is 9.47 Å². The fraction of sp³-hybridized carbons (Fsp3) is 0.312. The quantitative estimate of drug-likeness (QED) is 0.787. The van der Waals surface area contributed by atoms with Gasteiger partial charge in [-0.3, -0.25) is 14.5 Å². The van der Waals surface area contributed by atoms with Crippen molar-refractivity contribution in [1.29, 1.82) is 0 Å². The zero-order valence-corrected chi connectivity index (χ0v) is 14.6. The fourth-order valence-corrected chi connectivity index (χ4v) is 2.60. The Bertz CT molecular complexity index is 821. The largest absolute Gasteiger partial charge is 0.488 e. The van der Waals surface area contributed by atoms with Crippen LogP contribution in [0.15, 0.2) is 33.8 Å². The van der Waals surface area contributed by atoms with E-state index in [1.165, 1.54) is 17.2 Å². The van der Waals surface area contributed by atoms with Crippen molar-refractivity contribution in [3.63, 3.8) is 0 Å². The summed E-state index contributed by atoms with van der Waals surface area (Å²) in [6, 6.07) is 4.93. The molecule has 126 valence electrons. The minimum absolute atomic E-state index is 0.0573. The number of halogens is 1. The van der Waals surface area contributed by atoms with Crippen molar-refractivity contribution in [3.8, 4) is 11.5 Å². The lowest BCUT2D eigenvalue weighted by Gasteiger charge is -2.28. The Morgan fingerprint density at radius 2 is 2.25 bits per heavy atom. The molecule has 1 amide bonds. The van der Waals surface area contributed by atoms with E-state index in [0.29, 0.717) is 28.5 Å². The zero-order valence-electron chi connectivity index (χ0n) is 13.0. The van der Waals surface area contributed by atoms with Crippen LogP contribution in [0.1, 0.15) is 19.0 Å². The number of aromatic nitrogens is 2. The first kappa shape index (κ1) is 16.5. The molecule has 0 atom stereocenters. The van der Waals surface area contributed by atoms with Crippen molar-refractivity contribution >= 4 is 27.7 Å². The zero-order chi connectivity index (χ0) is 17.1. The van der Waals surface area contributed by atoms with Gasteiger partial charge in [0.15, 0.2) is 23.9 Å². The maximum atomic E-state index is 12.2. The Morgan fingerprint density at radius 3 is 3.00 bits per heavy atom. The lowest BCUT2D eigenvalue weighted by Crippen LogP contribution is -2.39. The molecule has 0 radical (unpaired) electrons. The van der Waals surface area contributed by atoms with Crippen LogP contribution in [-0.4, -0.2) is 29.1 Å². The SMILES string of the molecule is CCCOc1c[nH]c(CN2C(=O)COc3ccc(Br)nc32)cc1=O. The summed E-state index contributed by atoms with van der Waals surface area (Å²) in [5.41, 5.74) is 0.368. The number of nitrogens with zero attached hydrogens (tertiary/aromatic N) is 2. The number of H-pyrrole nitrogens is 1. The Balaban J connectivity index is 1.86. The normalized spacial score (nSPS) is 13.4. The maximum absolute atomic E-state index is 12.2. The van der Waals surface area contributed by atoms with Crippen LogP contribution in [0.2, 0.25) is 0 Å². The van der Waals surface area contributed by atoms with Gasteiger partial charge in [-0.15, -0.1) is 0 Å². The highest BCUT2D eigenvalue weighted by molar-refractivity contribution is 9.10. The number of carbonyl (C=O) groups is 1. The topological polar surface area (TPSA) is 84.5 Å². The fourth-order valence-electron chi connectivity index (χ4n) is 2.30. The molecule has 3 heterocycles. The second kappa shape index (κ2) is 7.04. The van der Waals surface area contributed by atoms with Crippen LogP contribution in [0.3, 0.4) is 0 Å². The van der Waals surface area contributed by atoms with E-state index in [0.717, 1.165) is 6.42 Å². The minimum atomic E-state index is -0.222. The number of rotatable bonds is 5. The van der Waals surface area contributed by atoms with Gasteiger partial charge in [-0.2, -0.15) is 0 Å². The molecule has 0 aromatic carbocycles. The Morgan fingerprint density at radius 1 is 1.42 bits per heavy atom. The summed E-state index contributed by atoms with van der Waals surface area (Å²) in [7, 11) is 0. The van der Waals surface area contributed by atoms with Crippen LogP contribution in [0.4, 0.5) is 5.82 Å².